The standard InChI is InChI=1S/C17H25NO2S/c1-11(16-8-12-3-4-13(16)7-12)18-10-15-6-5-14(21-15)9-17(19)20-2/h5-6,11-13,16,18H,3-4,7-10H2,1-2H3. The second kappa shape index (κ2) is 6.49. The van der Waals surface area contributed by atoms with Gasteiger partial charge in [-0.05, 0) is 56.1 Å². The summed E-state index contributed by atoms with van der Waals surface area (Å²) < 4.78 is 4.71. The van der Waals surface area contributed by atoms with Gasteiger partial charge in [0.15, 0.2) is 0 Å². The van der Waals surface area contributed by atoms with E-state index in [-0.39, 0.29) is 5.97 Å². The Kier molecular flexibility index (Phi) is 4.65. The first kappa shape index (κ1) is 15.0. The highest BCUT2D eigenvalue weighted by atomic mass is 32.1. The van der Waals surface area contributed by atoms with E-state index in [1.165, 1.54) is 37.7 Å². The van der Waals surface area contributed by atoms with Crippen molar-refractivity contribution in [1.82, 2.24) is 5.32 Å². The van der Waals surface area contributed by atoms with Crippen LogP contribution < -0.4 is 5.32 Å². The van der Waals surface area contributed by atoms with Crippen molar-refractivity contribution in [2.45, 2.75) is 51.6 Å². The highest BCUT2D eigenvalue weighted by molar-refractivity contribution is 7.12. The number of hydrogen-bond acceptors (Lipinski definition) is 4. The Hall–Kier alpha value is -0.870. The molecule has 0 amide bonds. The highest BCUT2D eigenvalue weighted by Gasteiger charge is 2.41. The van der Waals surface area contributed by atoms with Gasteiger partial charge in [0.05, 0.1) is 13.5 Å². The summed E-state index contributed by atoms with van der Waals surface area (Å²) >= 11 is 1.71. The monoisotopic (exact) mass is 307 g/mol. The second-order valence-corrected chi connectivity index (χ2v) is 7.88. The van der Waals surface area contributed by atoms with Crippen molar-refractivity contribution in [3.8, 4) is 0 Å². The van der Waals surface area contributed by atoms with Gasteiger partial charge in [-0.3, -0.25) is 4.79 Å². The van der Waals surface area contributed by atoms with Crippen LogP contribution in [0.2, 0.25) is 0 Å². The van der Waals surface area contributed by atoms with Gasteiger partial charge in [0.2, 0.25) is 0 Å². The lowest BCUT2D eigenvalue weighted by Crippen LogP contribution is -2.35. The van der Waals surface area contributed by atoms with Crippen LogP contribution in [-0.4, -0.2) is 19.1 Å². The summed E-state index contributed by atoms with van der Waals surface area (Å²) in [4.78, 5) is 13.7. The van der Waals surface area contributed by atoms with Crippen LogP contribution in [-0.2, 0) is 22.5 Å². The summed E-state index contributed by atoms with van der Waals surface area (Å²) in [6.07, 6.45) is 6.21. The lowest BCUT2D eigenvalue weighted by Gasteiger charge is -2.28. The first-order valence-electron chi connectivity index (χ1n) is 8.03. The first-order valence-corrected chi connectivity index (χ1v) is 8.85. The van der Waals surface area contributed by atoms with Crippen LogP contribution in [0.4, 0.5) is 0 Å². The number of rotatable bonds is 6. The second-order valence-electron chi connectivity index (χ2n) is 6.63. The molecule has 0 aliphatic heterocycles. The van der Waals surface area contributed by atoms with Gasteiger partial charge in [-0.2, -0.15) is 0 Å². The molecule has 3 rings (SSSR count). The first-order chi connectivity index (χ1) is 10.2. The van der Waals surface area contributed by atoms with E-state index in [9.17, 15) is 4.79 Å². The lowest BCUT2D eigenvalue weighted by atomic mass is 9.84. The zero-order valence-corrected chi connectivity index (χ0v) is 13.7. The molecule has 4 heteroatoms. The van der Waals surface area contributed by atoms with Gasteiger partial charge < -0.3 is 10.1 Å². The van der Waals surface area contributed by atoms with Crippen molar-refractivity contribution in [2.75, 3.05) is 7.11 Å². The van der Waals surface area contributed by atoms with E-state index in [0.717, 1.165) is 29.2 Å². The molecule has 0 saturated heterocycles. The average molecular weight is 307 g/mol. The molecule has 2 fully saturated rings. The van der Waals surface area contributed by atoms with Gasteiger partial charge in [0.1, 0.15) is 0 Å². The Bertz CT molecular complexity index is 499. The number of carbonyl (C=O) groups is 1. The van der Waals surface area contributed by atoms with Crippen LogP contribution in [0, 0.1) is 17.8 Å². The molecule has 1 N–H and O–H groups in total. The molecule has 2 aliphatic carbocycles. The zero-order valence-electron chi connectivity index (χ0n) is 12.9. The number of fused-ring (bicyclic) bond motifs is 2. The van der Waals surface area contributed by atoms with Gasteiger partial charge in [0.25, 0.3) is 0 Å². The van der Waals surface area contributed by atoms with E-state index < -0.39 is 0 Å². The third kappa shape index (κ3) is 3.49. The lowest BCUT2D eigenvalue weighted by molar-refractivity contribution is -0.139. The third-order valence-corrected chi connectivity index (χ3v) is 6.38. The molecule has 0 radical (unpaired) electrons. The van der Waals surface area contributed by atoms with Crippen molar-refractivity contribution in [2.24, 2.45) is 17.8 Å². The number of esters is 1. The Morgan fingerprint density at radius 3 is 2.86 bits per heavy atom. The molecule has 4 atom stereocenters. The molecule has 1 aromatic heterocycles. The average Bonchev–Trinajstić information content (AvgIpc) is 3.20. The Morgan fingerprint density at radius 1 is 1.38 bits per heavy atom. The van der Waals surface area contributed by atoms with Gasteiger partial charge in [-0.15, -0.1) is 11.3 Å². The topological polar surface area (TPSA) is 38.3 Å². The summed E-state index contributed by atoms with van der Waals surface area (Å²) in [7, 11) is 1.44. The fraction of sp³-hybridized carbons (Fsp3) is 0.706. The van der Waals surface area contributed by atoms with Crippen LogP contribution in [0.3, 0.4) is 0 Å². The summed E-state index contributed by atoms with van der Waals surface area (Å²) in [6, 6.07) is 4.77. The van der Waals surface area contributed by atoms with E-state index in [0.29, 0.717) is 12.5 Å². The number of ether oxygens (including phenoxy) is 1. The van der Waals surface area contributed by atoms with Crippen LogP contribution in [0.5, 0.6) is 0 Å². The molecular weight excluding hydrogens is 282 g/mol. The molecule has 0 spiro atoms. The molecule has 2 saturated carbocycles. The smallest absolute Gasteiger partial charge is 0.310 e. The van der Waals surface area contributed by atoms with E-state index >= 15 is 0 Å². The minimum absolute atomic E-state index is 0.160. The number of carbonyl (C=O) groups excluding carboxylic acids is 1. The maximum atomic E-state index is 11.3. The van der Waals surface area contributed by atoms with E-state index in [1.807, 2.05) is 6.07 Å². The van der Waals surface area contributed by atoms with Gasteiger partial charge >= 0.3 is 5.97 Å². The predicted molar refractivity (Wildman–Crippen MR) is 85.3 cm³/mol. The third-order valence-electron chi connectivity index (χ3n) is 5.30. The number of methoxy groups -OCH3 is 1. The molecule has 1 heterocycles. The number of thiophene rings is 1. The SMILES string of the molecule is COC(=O)Cc1ccc(CNC(C)C2CC3CCC2C3)s1. The van der Waals surface area contributed by atoms with Crippen molar-refractivity contribution < 1.29 is 9.53 Å². The largest absolute Gasteiger partial charge is 0.469 e. The molecule has 0 aromatic carbocycles. The summed E-state index contributed by atoms with van der Waals surface area (Å²) in [6.45, 7) is 3.26. The molecular formula is C17H25NO2S. The quantitative estimate of drug-likeness (QED) is 0.819. The van der Waals surface area contributed by atoms with E-state index in [2.05, 4.69) is 18.3 Å². The van der Waals surface area contributed by atoms with Crippen LogP contribution in [0.1, 0.15) is 42.4 Å². The zero-order chi connectivity index (χ0) is 14.8. The fourth-order valence-electron chi connectivity index (χ4n) is 4.15. The minimum atomic E-state index is -0.160. The van der Waals surface area contributed by atoms with Gasteiger partial charge in [-0.25, -0.2) is 0 Å². The van der Waals surface area contributed by atoms with Crippen molar-refractivity contribution in [3.05, 3.63) is 21.9 Å². The molecule has 3 nitrogen and oxygen atoms in total. The molecule has 21 heavy (non-hydrogen) atoms. The van der Waals surface area contributed by atoms with Crippen molar-refractivity contribution >= 4 is 17.3 Å². The van der Waals surface area contributed by atoms with E-state index in [4.69, 9.17) is 4.74 Å². The van der Waals surface area contributed by atoms with E-state index in [1.54, 1.807) is 11.3 Å². The Balaban J connectivity index is 1.47. The predicted octanol–water partition coefficient (Wildman–Crippen LogP) is 3.38. The molecule has 4 unspecified atom stereocenters. The summed E-state index contributed by atoms with van der Waals surface area (Å²) in [5.74, 6) is 2.69. The molecule has 1 aromatic rings. The summed E-state index contributed by atoms with van der Waals surface area (Å²) in [5.41, 5.74) is 0. The highest BCUT2D eigenvalue weighted by Crippen LogP contribution is 2.49. The van der Waals surface area contributed by atoms with Crippen molar-refractivity contribution in [1.29, 1.82) is 0 Å². The maximum Gasteiger partial charge on any atom is 0.310 e. The van der Waals surface area contributed by atoms with Crippen molar-refractivity contribution in [3.63, 3.8) is 0 Å². The van der Waals surface area contributed by atoms with Crippen LogP contribution in [0.15, 0.2) is 12.1 Å². The summed E-state index contributed by atoms with van der Waals surface area (Å²) in [5, 5.41) is 3.70. The maximum absolute atomic E-state index is 11.3. The van der Waals surface area contributed by atoms with Crippen LogP contribution in [0.25, 0.3) is 0 Å². The normalized spacial score (nSPS) is 28.8. The number of nitrogens with one attached hydrogen (secondary N) is 1. The number of hydrogen-bond donors (Lipinski definition) is 1. The molecule has 2 aliphatic rings. The van der Waals surface area contributed by atoms with Gasteiger partial charge in [0, 0.05) is 22.3 Å². The Morgan fingerprint density at radius 2 is 2.19 bits per heavy atom. The molecule has 2 bridgehead atoms. The minimum Gasteiger partial charge on any atom is -0.469 e. The van der Waals surface area contributed by atoms with Gasteiger partial charge in [-0.1, -0.05) is 6.42 Å². The fourth-order valence-corrected chi connectivity index (χ4v) is 5.10. The molecule has 116 valence electrons. The Labute approximate surface area is 131 Å². The van der Waals surface area contributed by atoms with Crippen LogP contribution >= 0.6 is 11.3 Å².